The Morgan fingerprint density at radius 1 is 1.38 bits per heavy atom. The minimum Gasteiger partial charge on any atom is -0.468 e. The molecule has 0 aliphatic carbocycles. The van der Waals surface area contributed by atoms with Gasteiger partial charge in [-0.3, -0.25) is 9.59 Å². The summed E-state index contributed by atoms with van der Waals surface area (Å²) in [5, 5.41) is 0. The fourth-order valence-corrected chi connectivity index (χ4v) is 4.61. The first-order chi connectivity index (χ1) is 9.76. The number of amides is 1. The van der Waals surface area contributed by atoms with Gasteiger partial charge in [0.1, 0.15) is 0 Å². The summed E-state index contributed by atoms with van der Waals surface area (Å²) in [6.45, 7) is 1.96. The van der Waals surface area contributed by atoms with Crippen LogP contribution in [0, 0.1) is 0 Å². The van der Waals surface area contributed by atoms with Gasteiger partial charge in [0.15, 0.2) is 15.6 Å². The molecule has 0 unspecified atom stereocenters. The van der Waals surface area contributed by atoms with Crippen molar-refractivity contribution in [3.8, 4) is 0 Å². The maximum atomic E-state index is 12.3. The highest BCUT2D eigenvalue weighted by Gasteiger charge is 2.28. The summed E-state index contributed by atoms with van der Waals surface area (Å²) in [7, 11) is -2.70. The van der Waals surface area contributed by atoms with Crippen molar-refractivity contribution in [2.45, 2.75) is 18.2 Å². The van der Waals surface area contributed by atoms with E-state index in [-0.39, 0.29) is 10.8 Å². The number of hydrogen-bond donors (Lipinski definition) is 0. The number of ether oxygens (including phenoxy) is 1. The average molecular weight is 376 g/mol. The largest absolute Gasteiger partial charge is 0.468 e. The van der Waals surface area contributed by atoms with Crippen molar-refractivity contribution >= 4 is 43.3 Å². The number of hydrogen-bond acceptors (Lipinski definition) is 5. The lowest BCUT2D eigenvalue weighted by atomic mass is 10.2. The molecule has 1 amide bonds. The van der Waals surface area contributed by atoms with E-state index in [1.165, 1.54) is 17.9 Å². The molecule has 21 heavy (non-hydrogen) atoms. The van der Waals surface area contributed by atoms with Crippen molar-refractivity contribution in [3.05, 3.63) is 22.2 Å². The summed E-state index contributed by atoms with van der Waals surface area (Å²) in [5.74, 6) is -1.71. The minimum atomic E-state index is -3.83. The number of esters is 1. The van der Waals surface area contributed by atoms with Crippen LogP contribution in [0.3, 0.4) is 0 Å². The molecule has 0 radical (unpaired) electrons. The van der Waals surface area contributed by atoms with Crippen molar-refractivity contribution in [1.82, 2.24) is 0 Å². The number of rotatable bonds is 3. The normalized spacial score (nSPS) is 14.0. The van der Waals surface area contributed by atoms with Gasteiger partial charge >= 0.3 is 5.97 Å². The standard InChI is InChI=1S/C13H14BrNO5S/c1-8(16)15-4-3-9-5-10(14)12(6-11(9)15)21(18,19)7-13(17)20-2/h5-6H,3-4,7H2,1-2H3. The molecule has 8 heteroatoms. The topological polar surface area (TPSA) is 80.8 Å². The third-order valence-corrected chi connectivity index (χ3v) is 5.82. The van der Waals surface area contributed by atoms with Crippen molar-refractivity contribution in [3.63, 3.8) is 0 Å². The Morgan fingerprint density at radius 2 is 2.05 bits per heavy atom. The van der Waals surface area contributed by atoms with E-state index in [9.17, 15) is 18.0 Å². The third kappa shape index (κ3) is 3.11. The second kappa shape index (κ2) is 5.76. The summed E-state index contributed by atoms with van der Waals surface area (Å²) in [5.41, 5.74) is 1.48. The molecular weight excluding hydrogens is 362 g/mol. The van der Waals surface area contributed by atoms with Gasteiger partial charge in [-0.1, -0.05) is 0 Å². The zero-order valence-corrected chi connectivity index (χ0v) is 14.0. The van der Waals surface area contributed by atoms with E-state index in [4.69, 9.17) is 0 Å². The van der Waals surface area contributed by atoms with Crippen molar-refractivity contribution < 1.29 is 22.7 Å². The van der Waals surface area contributed by atoms with Crippen LogP contribution in [0.15, 0.2) is 21.5 Å². The molecule has 0 atom stereocenters. The smallest absolute Gasteiger partial charge is 0.321 e. The number of sulfone groups is 1. The molecule has 0 fully saturated rings. The molecule has 1 aliphatic rings. The van der Waals surface area contributed by atoms with Crippen LogP contribution in [0.1, 0.15) is 12.5 Å². The molecule has 1 aromatic carbocycles. The van der Waals surface area contributed by atoms with Crippen LogP contribution in [0.4, 0.5) is 5.69 Å². The highest BCUT2D eigenvalue weighted by molar-refractivity contribution is 9.10. The van der Waals surface area contributed by atoms with Crippen molar-refractivity contribution in [2.75, 3.05) is 24.3 Å². The van der Waals surface area contributed by atoms with Crippen LogP contribution >= 0.6 is 15.9 Å². The van der Waals surface area contributed by atoms with Crippen LogP contribution in [0.25, 0.3) is 0 Å². The van der Waals surface area contributed by atoms with Gasteiger partial charge in [-0.15, -0.1) is 0 Å². The van der Waals surface area contributed by atoms with E-state index in [0.717, 1.165) is 12.7 Å². The number of halogens is 1. The lowest BCUT2D eigenvalue weighted by Gasteiger charge is -2.16. The Labute approximate surface area is 131 Å². The minimum absolute atomic E-state index is 0.0141. The molecule has 0 bridgehead atoms. The predicted molar refractivity (Wildman–Crippen MR) is 79.9 cm³/mol. The summed E-state index contributed by atoms with van der Waals surface area (Å²) >= 11 is 3.22. The first-order valence-corrected chi connectivity index (χ1v) is 8.61. The molecule has 0 saturated heterocycles. The van der Waals surface area contributed by atoms with Crippen LogP contribution < -0.4 is 4.90 Å². The van der Waals surface area contributed by atoms with Gasteiger partial charge in [0.2, 0.25) is 5.91 Å². The molecular formula is C13H14BrNO5S. The average Bonchev–Trinajstić information content (AvgIpc) is 2.79. The van der Waals surface area contributed by atoms with Crippen LogP contribution in [0.2, 0.25) is 0 Å². The third-order valence-electron chi connectivity index (χ3n) is 3.28. The van der Waals surface area contributed by atoms with Gasteiger partial charge in [0, 0.05) is 23.6 Å². The summed E-state index contributed by atoms with van der Waals surface area (Å²) < 4.78 is 29.3. The molecule has 1 aliphatic heterocycles. The number of carbonyl (C=O) groups is 2. The Kier molecular flexibility index (Phi) is 4.38. The monoisotopic (exact) mass is 375 g/mol. The fraction of sp³-hybridized carbons (Fsp3) is 0.385. The number of methoxy groups -OCH3 is 1. The summed E-state index contributed by atoms with van der Waals surface area (Å²) in [6, 6.07) is 3.12. The summed E-state index contributed by atoms with van der Waals surface area (Å²) in [4.78, 5) is 24.3. The van der Waals surface area contributed by atoms with E-state index >= 15 is 0 Å². The molecule has 2 rings (SSSR count). The zero-order chi connectivity index (χ0) is 15.8. The number of benzene rings is 1. The van der Waals surface area contributed by atoms with Gasteiger partial charge in [-0.2, -0.15) is 0 Å². The molecule has 0 spiro atoms. The molecule has 1 aromatic rings. The second-order valence-electron chi connectivity index (χ2n) is 4.67. The van der Waals surface area contributed by atoms with Crippen molar-refractivity contribution in [1.29, 1.82) is 0 Å². The summed E-state index contributed by atoms with van der Waals surface area (Å²) in [6.07, 6.45) is 0.671. The fourth-order valence-electron chi connectivity index (χ4n) is 2.25. The first-order valence-electron chi connectivity index (χ1n) is 6.16. The first kappa shape index (κ1) is 16.0. The van der Waals surface area contributed by atoms with Gasteiger partial charge in [-0.05, 0) is 40.0 Å². The maximum Gasteiger partial charge on any atom is 0.321 e. The van der Waals surface area contributed by atoms with Crippen LogP contribution in [-0.4, -0.2) is 39.7 Å². The number of nitrogens with zero attached hydrogens (tertiary/aromatic N) is 1. The Balaban J connectivity index is 2.49. The molecule has 0 saturated carbocycles. The molecule has 114 valence electrons. The second-order valence-corrected chi connectivity index (χ2v) is 7.48. The SMILES string of the molecule is COC(=O)CS(=O)(=O)c1cc2c(cc1Br)CCN2C(C)=O. The molecule has 0 aromatic heterocycles. The van der Waals surface area contributed by atoms with Crippen LogP contribution in [0.5, 0.6) is 0 Å². The Morgan fingerprint density at radius 3 is 2.62 bits per heavy atom. The van der Waals surface area contributed by atoms with Gasteiger partial charge in [-0.25, -0.2) is 8.42 Å². The maximum absolute atomic E-state index is 12.3. The molecule has 0 N–H and O–H groups in total. The van der Waals surface area contributed by atoms with E-state index in [2.05, 4.69) is 20.7 Å². The highest BCUT2D eigenvalue weighted by Crippen LogP contribution is 2.35. The van der Waals surface area contributed by atoms with E-state index in [1.807, 2.05) is 0 Å². The number of fused-ring (bicyclic) bond motifs is 1. The van der Waals surface area contributed by atoms with E-state index < -0.39 is 21.6 Å². The van der Waals surface area contributed by atoms with Gasteiger partial charge in [0.25, 0.3) is 0 Å². The lowest BCUT2D eigenvalue weighted by molar-refractivity contribution is -0.137. The highest BCUT2D eigenvalue weighted by atomic mass is 79.9. The van der Waals surface area contributed by atoms with Crippen LogP contribution in [-0.2, 0) is 30.6 Å². The van der Waals surface area contributed by atoms with E-state index in [1.54, 1.807) is 6.07 Å². The van der Waals surface area contributed by atoms with Gasteiger partial charge in [0.05, 0.1) is 12.0 Å². The molecule has 6 nitrogen and oxygen atoms in total. The zero-order valence-electron chi connectivity index (χ0n) is 11.6. The van der Waals surface area contributed by atoms with Gasteiger partial charge < -0.3 is 9.64 Å². The Hall–Kier alpha value is -1.41. The molecule has 1 heterocycles. The number of carbonyl (C=O) groups excluding carboxylic acids is 2. The van der Waals surface area contributed by atoms with Crippen molar-refractivity contribution in [2.24, 2.45) is 0 Å². The Bertz CT molecular complexity index is 714. The quantitative estimate of drug-likeness (QED) is 0.743. The van der Waals surface area contributed by atoms with E-state index in [0.29, 0.717) is 23.1 Å². The number of anilines is 1. The predicted octanol–water partition coefficient (Wildman–Crippen LogP) is 1.30. The lowest BCUT2D eigenvalue weighted by Crippen LogP contribution is -2.26.